The summed E-state index contributed by atoms with van der Waals surface area (Å²) in [6, 6.07) is 10.1. The molecule has 0 saturated carbocycles. The summed E-state index contributed by atoms with van der Waals surface area (Å²) in [5.74, 6) is 0. The molecule has 1 aromatic carbocycles. The van der Waals surface area contributed by atoms with Gasteiger partial charge in [0.25, 0.3) is 0 Å². The molecule has 15 heavy (non-hydrogen) atoms. The second-order valence-corrected chi connectivity index (χ2v) is 3.42. The zero-order chi connectivity index (χ0) is 10.5. The number of aliphatic hydroxyl groups is 1. The smallest absolute Gasteiger partial charge is 0.127 e. The van der Waals surface area contributed by atoms with E-state index in [9.17, 15) is 0 Å². The van der Waals surface area contributed by atoms with Gasteiger partial charge in [0.05, 0.1) is 5.69 Å². The molecule has 0 aliphatic carbocycles. The monoisotopic (exact) mass is 203 g/mol. The van der Waals surface area contributed by atoms with E-state index in [0.29, 0.717) is 6.42 Å². The summed E-state index contributed by atoms with van der Waals surface area (Å²) in [5.41, 5.74) is 3.10. The number of nitrogens with zero attached hydrogens (tertiary/aromatic N) is 1. The molecule has 78 valence electrons. The van der Waals surface area contributed by atoms with E-state index in [2.05, 4.69) is 17.3 Å². The fraction of sp³-hybridized carbons (Fsp3) is 0.250. The zero-order valence-corrected chi connectivity index (χ0v) is 8.39. The van der Waals surface area contributed by atoms with Crippen molar-refractivity contribution in [3.05, 3.63) is 53.4 Å². The first kappa shape index (κ1) is 9.93. The number of aromatic nitrogens is 1. The van der Waals surface area contributed by atoms with Crippen LogP contribution in [0.1, 0.15) is 16.8 Å². The Hall–Kier alpha value is -1.61. The fourth-order valence-corrected chi connectivity index (χ4v) is 1.54. The van der Waals surface area contributed by atoms with E-state index in [4.69, 9.17) is 9.63 Å². The minimum atomic E-state index is 0.128. The highest BCUT2D eigenvalue weighted by Gasteiger charge is 2.07. The number of rotatable bonds is 4. The standard InChI is InChI=1S/C12H13NO2/c14-7-6-11-9-15-13-12(11)8-10-4-2-1-3-5-10/h1-5,9,14H,6-8H2. The van der Waals surface area contributed by atoms with Gasteiger partial charge in [-0.2, -0.15) is 0 Å². The molecule has 0 fully saturated rings. The summed E-state index contributed by atoms with van der Waals surface area (Å²) >= 11 is 0. The lowest BCUT2D eigenvalue weighted by molar-refractivity contribution is 0.299. The van der Waals surface area contributed by atoms with Gasteiger partial charge < -0.3 is 9.63 Å². The fourth-order valence-electron chi connectivity index (χ4n) is 1.54. The Labute approximate surface area is 88.3 Å². The van der Waals surface area contributed by atoms with E-state index in [-0.39, 0.29) is 6.61 Å². The van der Waals surface area contributed by atoms with E-state index in [1.54, 1.807) is 6.26 Å². The van der Waals surface area contributed by atoms with E-state index < -0.39 is 0 Å². The third kappa shape index (κ3) is 2.44. The Bertz CT molecular complexity index is 409. The molecule has 2 aromatic rings. The molecule has 0 unspecified atom stereocenters. The van der Waals surface area contributed by atoms with Crippen LogP contribution in [0.15, 0.2) is 41.1 Å². The van der Waals surface area contributed by atoms with Crippen molar-refractivity contribution in [2.75, 3.05) is 6.61 Å². The van der Waals surface area contributed by atoms with Crippen LogP contribution >= 0.6 is 0 Å². The maximum atomic E-state index is 8.86. The van der Waals surface area contributed by atoms with Gasteiger partial charge in [0.15, 0.2) is 0 Å². The molecule has 0 radical (unpaired) electrons. The second-order valence-electron chi connectivity index (χ2n) is 3.42. The van der Waals surface area contributed by atoms with Gasteiger partial charge in [0.2, 0.25) is 0 Å². The van der Waals surface area contributed by atoms with E-state index in [0.717, 1.165) is 17.7 Å². The lowest BCUT2D eigenvalue weighted by atomic mass is 10.1. The molecular formula is C12H13NO2. The summed E-state index contributed by atoms with van der Waals surface area (Å²) < 4.78 is 4.91. The number of hydrogen-bond acceptors (Lipinski definition) is 3. The molecule has 0 atom stereocenters. The Morgan fingerprint density at radius 1 is 1.20 bits per heavy atom. The highest BCUT2D eigenvalue weighted by Crippen LogP contribution is 2.12. The maximum absolute atomic E-state index is 8.86. The number of benzene rings is 1. The lowest BCUT2D eigenvalue weighted by Crippen LogP contribution is -1.96. The van der Waals surface area contributed by atoms with Gasteiger partial charge in [-0.15, -0.1) is 0 Å². The normalized spacial score (nSPS) is 10.5. The molecule has 0 spiro atoms. The molecule has 3 nitrogen and oxygen atoms in total. The first-order valence-corrected chi connectivity index (χ1v) is 4.97. The largest absolute Gasteiger partial charge is 0.396 e. The van der Waals surface area contributed by atoms with Gasteiger partial charge in [-0.1, -0.05) is 35.5 Å². The van der Waals surface area contributed by atoms with Crippen LogP contribution in [0.4, 0.5) is 0 Å². The SMILES string of the molecule is OCCc1conc1Cc1ccccc1. The van der Waals surface area contributed by atoms with E-state index in [1.165, 1.54) is 5.56 Å². The van der Waals surface area contributed by atoms with Crippen molar-refractivity contribution < 1.29 is 9.63 Å². The highest BCUT2D eigenvalue weighted by molar-refractivity contribution is 5.25. The van der Waals surface area contributed by atoms with Crippen LogP contribution in [0.2, 0.25) is 0 Å². The quantitative estimate of drug-likeness (QED) is 0.824. The van der Waals surface area contributed by atoms with Crippen LogP contribution in [0.3, 0.4) is 0 Å². The summed E-state index contributed by atoms with van der Waals surface area (Å²) in [6.45, 7) is 0.128. The van der Waals surface area contributed by atoms with Crippen molar-refractivity contribution in [1.82, 2.24) is 5.16 Å². The van der Waals surface area contributed by atoms with Crippen LogP contribution in [-0.4, -0.2) is 16.9 Å². The molecule has 0 saturated heterocycles. The molecular weight excluding hydrogens is 190 g/mol. The van der Waals surface area contributed by atoms with Crippen molar-refractivity contribution in [1.29, 1.82) is 0 Å². The molecule has 1 N–H and O–H groups in total. The van der Waals surface area contributed by atoms with E-state index in [1.807, 2.05) is 18.2 Å². The number of aliphatic hydroxyl groups excluding tert-OH is 1. The van der Waals surface area contributed by atoms with Crippen molar-refractivity contribution in [2.45, 2.75) is 12.8 Å². The summed E-state index contributed by atoms with van der Waals surface area (Å²) in [6.07, 6.45) is 2.97. The van der Waals surface area contributed by atoms with Crippen molar-refractivity contribution in [3.8, 4) is 0 Å². The minimum Gasteiger partial charge on any atom is -0.396 e. The van der Waals surface area contributed by atoms with Crippen LogP contribution in [-0.2, 0) is 12.8 Å². The first-order valence-electron chi connectivity index (χ1n) is 4.97. The molecule has 0 amide bonds. The molecule has 3 heteroatoms. The van der Waals surface area contributed by atoms with Crippen LogP contribution < -0.4 is 0 Å². The average molecular weight is 203 g/mol. The molecule has 1 heterocycles. The van der Waals surface area contributed by atoms with Crippen LogP contribution in [0.5, 0.6) is 0 Å². The Balaban J connectivity index is 2.14. The number of hydrogen-bond donors (Lipinski definition) is 1. The van der Waals surface area contributed by atoms with Gasteiger partial charge in [-0.25, -0.2) is 0 Å². The van der Waals surface area contributed by atoms with Gasteiger partial charge in [0, 0.05) is 25.0 Å². The Kier molecular flexibility index (Phi) is 3.15. The van der Waals surface area contributed by atoms with Crippen molar-refractivity contribution in [2.24, 2.45) is 0 Å². The predicted molar refractivity (Wildman–Crippen MR) is 56.5 cm³/mol. The van der Waals surface area contributed by atoms with Gasteiger partial charge >= 0.3 is 0 Å². The van der Waals surface area contributed by atoms with Gasteiger partial charge in [-0.05, 0) is 5.56 Å². The van der Waals surface area contributed by atoms with Gasteiger partial charge in [-0.3, -0.25) is 0 Å². The van der Waals surface area contributed by atoms with Gasteiger partial charge in [0.1, 0.15) is 6.26 Å². The Morgan fingerprint density at radius 2 is 2.00 bits per heavy atom. The maximum Gasteiger partial charge on any atom is 0.127 e. The average Bonchev–Trinajstić information content (AvgIpc) is 2.68. The highest BCUT2D eigenvalue weighted by atomic mass is 16.5. The summed E-state index contributed by atoms with van der Waals surface area (Å²) in [4.78, 5) is 0. The van der Waals surface area contributed by atoms with Crippen molar-refractivity contribution in [3.63, 3.8) is 0 Å². The minimum absolute atomic E-state index is 0.128. The lowest BCUT2D eigenvalue weighted by Gasteiger charge is -1.99. The second kappa shape index (κ2) is 4.75. The third-order valence-corrected chi connectivity index (χ3v) is 2.32. The topological polar surface area (TPSA) is 46.3 Å². The molecule has 1 aromatic heterocycles. The third-order valence-electron chi connectivity index (χ3n) is 2.32. The summed E-state index contributed by atoms with van der Waals surface area (Å²) in [5, 5.41) is 12.8. The predicted octanol–water partition coefficient (Wildman–Crippen LogP) is 1.80. The molecule has 0 bridgehead atoms. The van der Waals surface area contributed by atoms with E-state index >= 15 is 0 Å². The molecule has 0 aliphatic heterocycles. The van der Waals surface area contributed by atoms with Crippen LogP contribution in [0, 0.1) is 0 Å². The Morgan fingerprint density at radius 3 is 2.73 bits per heavy atom. The zero-order valence-electron chi connectivity index (χ0n) is 8.39. The molecule has 2 rings (SSSR count). The van der Waals surface area contributed by atoms with Crippen LogP contribution in [0.25, 0.3) is 0 Å². The molecule has 0 aliphatic rings. The summed E-state index contributed by atoms with van der Waals surface area (Å²) in [7, 11) is 0. The first-order chi connectivity index (χ1) is 7.40. The van der Waals surface area contributed by atoms with Crippen molar-refractivity contribution >= 4 is 0 Å².